The quantitative estimate of drug-likeness (QED) is 0.666. The zero-order valence-electron chi connectivity index (χ0n) is 6.71. The van der Waals surface area contributed by atoms with Gasteiger partial charge in [0.2, 0.25) is 5.91 Å². The standard InChI is InChI=1S/C10H10NO/c1-2-5-8-6-3-4-7-9(8)10(11)12/h2-4,6H,1,5H2,(H2,11,12). The molecule has 0 bridgehead atoms. The molecule has 2 nitrogen and oxygen atoms in total. The zero-order valence-corrected chi connectivity index (χ0v) is 6.71. The fraction of sp³-hybridized carbons (Fsp3) is 0.100. The van der Waals surface area contributed by atoms with E-state index in [2.05, 4.69) is 12.6 Å². The number of hydrogen-bond acceptors (Lipinski definition) is 1. The van der Waals surface area contributed by atoms with Gasteiger partial charge in [-0.05, 0) is 18.1 Å². The normalized spacial score (nSPS) is 9.33. The van der Waals surface area contributed by atoms with E-state index >= 15 is 0 Å². The average molecular weight is 160 g/mol. The Balaban J connectivity index is 3.07. The molecular weight excluding hydrogens is 150 g/mol. The smallest absolute Gasteiger partial charge is 0.249 e. The highest BCUT2D eigenvalue weighted by Gasteiger charge is 2.04. The molecule has 1 radical (unpaired) electrons. The summed E-state index contributed by atoms with van der Waals surface area (Å²) in [5, 5.41) is 0. The van der Waals surface area contributed by atoms with E-state index in [4.69, 9.17) is 5.73 Å². The Hall–Kier alpha value is -1.57. The van der Waals surface area contributed by atoms with Crippen LogP contribution in [0.25, 0.3) is 0 Å². The van der Waals surface area contributed by atoms with E-state index in [1.165, 1.54) is 0 Å². The van der Waals surface area contributed by atoms with Gasteiger partial charge in [0.15, 0.2) is 0 Å². The molecule has 1 aromatic carbocycles. The van der Waals surface area contributed by atoms with E-state index in [0.717, 1.165) is 5.56 Å². The van der Waals surface area contributed by atoms with Crippen molar-refractivity contribution in [2.45, 2.75) is 6.42 Å². The summed E-state index contributed by atoms with van der Waals surface area (Å²) in [5.74, 6) is -0.438. The first-order valence-electron chi connectivity index (χ1n) is 3.66. The molecule has 0 spiro atoms. The number of carbonyl (C=O) groups is 1. The van der Waals surface area contributed by atoms with Crippen molar-refractivity contribution >= 4 is 5.91 Å². The third-order valence-electron chi connectivity index (χ3n) is 1.55. The van der Waals surface area contributed by atoms with Crippen LogP contribution in [0.15, 0.2) is 30.9 Å². The molecule has 0 saturated carbocycles. The molecule has 1 rings (SSSR count). The molecule has 0 atom stereocenters. The Kier molecular flexibility index (Phi) is 2.64. The number of benzene rings is 1. The molecular formula is C10H10NO. The second-order valence-electron chi connectivity index (χ2n) is 2.43. The van der Waals surface area contributed by atoms with E-state index in [9.17, 15) is 4.79 Å². The van der Waals surface area contributed by atoms with Crippen molar-refractivity contribution in [1.82, 2.24) is 0 Å². The summed E-state index contributed by atoms with van der Waals surface area (Å²) < 4.78 is 0. The Morgan fingerprint density at radius 1 is 1.75 bits per heavy atom. The number of allylic oxidation sites excluding steroid dienone is 1. The van der Waals surface area contributed by atoms with Crippen LogP contribution in [0, 0.1) is 6.07 Å². The van der Waals surface area contributed by atoms with Gasteiger partial charge in [-0.3, -0.25) is 4.79 Å². The summed E-state index contributed by atoms with van der Waals surface area (Å²) >= 11 is 0. The summed E-state index contributed by atoms with van der Waals surface area (Å²) in [6, 6.07) is 8.14. The van der Waals surface area contributed by atoms with E-state index in [1.807, 2.05) is 12.1 Å². The molecule has 2 N–H and O–H groups in total. The number of hydrogen-bond donors (Lipinski definition) is 1. The molecule has 0 aliphatic rings. The van der Waals surface area contributed by atoms with Crippen LogP contribution >= 0.6 is 0 Å². The fourth-order valence-electron chi connectivity index (χ4n) is 1.03. The lowest BCUT2D eigenvalue weighted by Gasteiger charge is -2.01. The second kappa shape index (κ2) is 3.72. The predicted octanol–water partition coefficient (Wildman–Crippen LogP) is 1.31. The molecule has 0 aliphatic carbocycles. The number of carbonyl (C=O) groups excluding carboxylic acids is 1. The molecule has 0 aromatic heterocycles. The van der Waals surface area contributed by atoms with Crippen LogP contribution in [0.2, 0.25) is 0 Å². The molecule has 1 amide bonds. The molecule has 0 saturated heterocycles. The molecule has 1 aromatic rings. The average Bonchev–Trinajstić information content (AvgIpc) is 2.05. The van der Waals surface area contributed by atoms with Gasteiger partial charge in [0, 0.05) is 0 Å². The van der Waals surface area contributed by atoms with E-state index < -0.39 is 5.91 Å². The lowest BCUT2D eigenvalue weighted by molar-refractivity contribution is 0.0999. The van der Waals surface area contributed by atoms with Crippen molar-refractivity contribution in [1.29, 1.82) is 0 Å². The van der Waals surface area contributed by atoms with Gasteiger partial charge < -0.3 is 5.73 Å². The molecule has 2 heteroatoms. The van der Waals surface area contributed by atoms with Gasteiger partial charge in [-0.1, -0.05) is 24.3 Å². The maximum Gasteiger partial charge on any atom is 0.249 e. The molecule has 0 unspecified atom stereocenters. The number of nitrogens with two attached hydrogens (primary N) is 1. The first kappa shape index (κ1) is 8.53. The van der Waals surface area contributed by atoms with Gasteiger partial charge in [-0.15, -0.1) is 6.58 Å². The Labute approximate surface area is 71.7 Å². The van der Waals surface area contributed by atoms with Crippen molar-refractivity contribution < 1.29 is 4.79 Å². The Morgan fingerprint density at radius 2 is 2.50 bits per heavy atom. The predicted molar refractivity (Wildman–Crippen MR) is 47.7 cm³/mol. The van der Waals surface area contributed by atoms with Gasteiger partial charge in [0.05, 0.1) is 5.56 Å². The van der Waals surface area contributed by atoms with Crippen LogP contribution in [-0.4, -0.2) is 5.91 Å². The van der Waals surface area contributed by atoms with Gasteiger partial charge >= 0.3 is 0 Å². The lowest BCUT2D eigenvalue weighted by Crippen LogP contribution is -2.13. The minimum atomic E-state index is -0.438. The van der Waals surface area contributed by atoms with E-state index in [0.29, 0.717) is 12.0 Å². The highest BCUT2D eigenvalue weighted by molar-refractivity contribution is 5.94. The van der Waals surface area contributed by atoms with Gasteiger partial charge in [0.1, 0.15) is 0 Å². The number of amides is 1. The van der Waals surface area contributed by atoms with Crippen molar-refractivity contribution in [3.8, 4) is 0 Å². The summed E-state index contributed by atoms with van der Waals surface area (Å²) in [6.07, 6.45) is 2.38. The monoisotopic (exact) mass is 160 g/mol. The molecule has 12 heavy (non-hydrogen) atoms. The SMILES string of the molecule is C=CCc1ccc[c]c1C(N)=O. The van der Waals surface area contributed by atoms with E-state index in [1.54, 1.807) is 12.1 Å². The number of primary amides is 1. The highest BCUT2D eigenvalue weighted by Crippen LogP contribution is 2.07. The summed E-state index contributed by atoms with van der Waals surface area (Å²) in [6.45, 7) is 3.59. The summed E-state index contributed by atoms with van der Waals surface area (Å²) in [7, 11) is 0. The minimum Gasteiger partial charge on any atom is -0.366 e. The zero-order chi connectivity index (χ0) is 8.97. The number of rotatable bonds is 3. The van der Waals surface area contributed by atoms with Gasteiger partial charge in [0.25, 0.3) is 0 Å². The van der Waals surface area contributed by atoms with Gasteiger partial charge in [-0.2, -0.15) is 0 Å². The third kappa shape index (κ3) is 1.72. The van der Waals surface area contributed by atoms with Crippen LogP contribution in [0.1, 0.15) is 15.9 Å². The Morgan fingerprint density at radius 3 is 3.08 bits per heavy atom. The third-order valence-corrected chi connectivity index (χ3v) is 1.55. The van der Waals surface area contributed by atoms with Gasteiger partial charge in [-0.25, -0.2) is 0 Å². The fourth-order valence-corrected chi connectivity index (χ4v) is 1.03. The molecule has 0 aliphatic heterocycles. The summed E-state index contributed by atoms with van der Waals surface area (Å²) in [5.41, 5.74) is 6.47. The van der Waals surface area contributed by atoms with Crippen LogP contribution in [0.4, 0.5) is 0 Å². The first-order chi connectivity index (χ1) is 5.75. The maximum absolute atomic E-state index is 10.9. The van der Waals surface area contributed by atoms with Crippen molar-refractivity contribution in [3.05, 3.63) is 48.0 Å². The van der Waals surface area contributed by atoms with Crippen LogP contribution in [-0.2, 0) is 6.42 Å². The maximum atomic E-state index is 10.9. The lowest BCUT2D eigenvalue weighted by atomic mass is 10.0. The largest absolute Gasteiger partial charge is 0.366 e. The van der Waals surface area contributed by atoms with Crippen LogP contribution < -0.4 is 5.73 Å². The molecule has 0 fully saturated rings. The van der Waals surface area contributed by atoms with E-state index in [-0.39, 0.29) is 0 Å². The van der Waals surface area contributed by atoms with Crippen molar-refractivity contribution in [3.63, 3.8) is 0 Å². The van der Waals surface area contributed by atoms with Crippen LogP contribution in [0.3, 0.4) is 0 Å². The van der Waals surface area contributed by atoms with Crippen molar-refractivity contribution in [2.75, 3.05) is 0 Å². The Bertz CT molecular complexity index is 304. The minimum absolute atomic E-state index is 0.438. The van der Waals surface area contributed by atoms with Crippen LogP contribution in [0.5, 0.6) is 0 Å². The first-order valence-corrected chi connectivity index (χ1v) is 3.66. The second-order valence-corrected chi connectivity index (χ2v) is 2.43. The summed E-state index contributed by atoms with van der Waals surface area (Å²) in [4.78, 5) is 10.9. The van der Waals surface area contributed by atoms with Crippen molar-refractivity contribution in [2.24, 2.45) is 5.73 Å². The topological polar surface area (TPSA) is 43.1 Å². The highest BCUT2D eigenvalue weighted by atomic mass is 16.1. The molecule has 0 heterocycles. The molecule has 61 valence electrons.